The average molecular weight is 316 g/mol. The molecule has 1 amide bonds. The third-order valence-electron chi connectivity index (χ3n) is 4.33. The minimum Gasteiger partial charge on any atom is -0.481 e. The number of aliphatic carboxylic acids is 1. The Labute approximate surface area is 132 Å². The lowest BCUT2D eigenvalue weighted by Crippen LogP contribution is -2.38. The summed E-state index contributed by atoms with van der Waals surface area (Å²) < 4.78 is 13.7. The molecule has 0 spiro atoms. The van der Waals surface area contributed by atoms with Gasteiger partial charge in [0.15, 0.2) is 0 Å². The summed E-state index contributed by atoms with van der Waals surface area (Å²) >= 11 is 0. The van der Waals surface area contributed by atoms with Crippen LogP contribution in [0.1, 0.15) is 36.0 Å². The molecule has 1 heterocycles. The zero-order valence-corrected chi connectivity index (χ0v) is 12.5. The maximum absolute atomic E-state index is 13.7. The first-order valence-corrected chi connectivity index (χ1v) is 7.62. The van der Waals surface area contributed by atoms with E-state index in [-0.39, 0.29) is 23.4 Å². The number of hydrogen-bond acceptors (Lipinski definition) is 3. The molecule has 1 aliphatic carbocycles. The summed E-state index contributed by atoms with van der Waals surface area (Å²) in [6, 6.07) is 5.85. The van der Waals surface area contributed by atoms with Gasteiger partial charge < -0.3 is 10.4 Å². The number of rotatable bonds is 3. The van der Waals surface area contributed by atoms with Crippen LogP contribution in [0.2, 0.25) is 0 Å². The molecule has 0 unspecified atom stereocenters. The first-order chi connectivity index (χ1) is 11.0. The quantitative estimate of drug-likeness (QED) is 0.912. The van der Waals surface area contributed by atoms with Crippen LogP contribution >= 0.6 is 0 Å². The molecule has 1 aromatic carbocycles. The van der Waals surface area contributed by atoms with E-state index in [1.165, 1.54) is 12.1 Å². The molecule has 1 aliphatic rings. The van der Waals surface area contributed by atoms with Gasteiger partial charge in [0.25, 0.3) is 5.91 Å². The van der Waals surface area contributed by atoms with Crippen molar-refractivity contribution in [2.24, 2.45) is 5.92 Å². The summed E-state index contributed by atoms with van der Waals surface area (Å²) in [5, 5.41) is 12.4. The molecule has 0 radical (unpaired) electrons. The van der Waals surface area contributed by atoms with Crippen LogP contribution in [-0.2, 0) is 4.79 Å². The zero-order valence-electron chi connectivity index (χ0n) is 12.5. The number of carbonyl (C=O) groups excluding carboxylic acids is 1. The number of fused-ring (bicyclic) bond motifs is 1. The van der Waals surface area contributed by atoms with Gasteiger partial charge >= 0.3 is 5.97 Å². The van der Waals surface area contributed by atoms with E-state index in [4.69, 9.17) is 5.11 Å². The molecule has 5 nitrogen and oxygen atoms in total. The first-order valence-electron chi connectivity index (χ1n) is 7.62. The number of carbonyl (C=O) groups is 2. The second-order valence-corrected chi connectivity index (χ2v) is 5.89. The van der Waals surface area contributed by atoms with Crippen molar-refractivity contribution >= 4 is 22.8 Å². The summed E-state index contributed by atoms with van der Waals surface area (Å²) in [5.74, 6) is -1.97. The molecule has 0 aliphatic heterocycles. The minimum absolute atomic E-state index is 0.0832. The van der Waals surface area contributed by atoms with Gasteiger partial charge in [0.1, 0.15) is 5.82 Å². The van der Waals surface area contributed by atoms with Crippen LogP contribution in [0.4, 0.5) is 4.39 Å². The lowest BCUT2D eigenvalue weighted by molar-refractivity contribution is -0.142. The van der Waals surface area contributed by atoms with Crippen molar-refractivity contribution < 1.29 is 19.1 Å². The highest BCUT2D eigenvalue weighted by molar-refractivity contribution is 6.05. The molecule has 3 rings (SSSR count). The summed E-state index contributed by atoms with van der Waals surface area (Å²) in [5.41, 5.74) is 0.673. The van der Waals surface area contributed by atoms with Gasteiger partial charge in [0.05, 0.1) is 17.0 Å². The van der Waals surface area contributed by atoms with Gasteiger partial charge in [-0.15, -0.1) is 0 Å². The molecule has 1 fully saturated rings. The Morgan fingerprint density at radius 1 is 1.22 bits per heavy atom. The van der Waals surface area contributed by atoms with Crippen LogP contribution < -0.4 is 5.32 Å². The highest BCUT2D eigenvalue weighted by atomic mass is 19.1. The van der Waals surface area contributed by atoms with Crippen molar-refractivity contribution in [1.29, 1.82) is 0 Å². The van der Waals surface area contributed by atoms with E-state index in [1.54, 1.807) is 18.3 Å². The molecular weight excluding hydrogens is 299 g/mol. The predicted molar refractivity (Wildman–Crippen MR) is 82.5 cm³/mol. The Morgan fingerprint density at radius 2 is 1.96 bits per heavy atom. The van der Waals surface area contributed by atoms with Gasteiger partial charge in [-0.3, -0.25) is 14.6 Å². The van der Waals surface area contributed by atoms with Crippen LogP contribution in [0, 0.1) is 11.7 Å². The molecule has 1 aromatic heterocycles. The number of amides is 1. The van der Waals surface area contributed by atoms with E-state index in [2.05, 4.69) is 10.3 Å². The Kier molecular flexibility index (Phi) is 4.23. The zero-order chi connectivity index (χ0) is 16.4. The normalized spacial score (nSPS) is 21.1. The molecule has 0 saturated heterocycles. The van der Waals surface area contributed by atoms with Gasteiger partial charge in [-0.05, 0) is 43.9 Å². The van der Waals surface area contributed by atoms with Crippen molar-refractivity contribution in [2.75, 3.05) is 0 Å². The number of nitrogens with zero attached hydrogens (tertiary/aromatic N) is 1. The summed E-state index contributed by atoms with van der Waals surface area (Å²) in [7, 11) is 0. The number of pyridine rings is 1. The van der Waals surface area contributed by atoms with Crippen LogP contribution in [-0.4, -0.2) is 28.0 Å². The maximum Gasteiger partial charge on any atom is 0.306 e. The van der Waals surface area contributed by atoms with E-state index < -0.39 is 11.8 Å². The highest BCUT2D eigenvalue weighted by Crippen LogP contribution is 2.25. The van der Waals surface area contributed by atoms with Crippen LogP contribution in [0.25, 0.3) is 10.9 Å². The number of carboxylic acids is 1. The van der Waals surface area contributed by atoms with Gasteiger partial charge in [-0.2, -0.15) is 0 Å². The van der Waals surface area contributed by atoms with Crippen molar-refractivity contribution in [3.63, 3.8) is 0 Å². The monoisotopic (exact) mass is 316 g/mol. The fraction of sp³-hybridized carbons (Fsp3) is 0.353. The molecule has 0 bridgehead atoms. The number of aromatic nitrogens is 1. The molecule has 6 heteroatoms. The van der Waals surface area contributed by atoms with Gasteiger partial charge in [-0.25, -0.2) is 4.39 Å². The third kappa shape index (κ3) is 3.31. The van der Waals surface area contributed by atoms with E-state index in [0.717, 1.165) is 0 Å². The molecule has 23 heavy (non-hydrogen) atoms. The largest absolute Gasteiger partial charge is 0.481 e. The Hall–Kier alpha value is -2.50. The number of halogens is 1. The van der Waals surface area contributed by atoms with Gasteiger partial charge in [0.2, 0.25) is 0 Å². The molecular formula is C17H17FN2O3. The van der Waals surface area contributed by atoms with E-state index in [0.29, 0.717) is 36.6 Å². The minimum atomic E-state index is -0.782. The van der Waals surface area contributed by atoms with Gasteiger partial charge in [0, 0.05) is 17.6 Å². The maximum atomic E-state index is 13.7. The number of carboxylic acid groups (broad SMARTS) is 1. The second-order valence-electron chi connectivity index (χ2n) is 5.89. The molecule has 120 valence electrons. The fourth-order valence-corrected chi connectivity index (χ4v) is 3.08. The third-order valence-corrected chi connectivity index (χ3v) is 4.33. The Morgan fingerprint density at radius 3 is 2.65 bits per heavy atom. The summed E-state index contributed by atoms with van der Waals surface area (Å²) in [4.78, 5) is 27.6. The first kappa shape index (κ1) is 15.4. The molecule has 1 saturated carbocycles. The SMILES string of the molecule is O=C(NC1CCC(C(=O)O)CC1)c1cc(F)cc2cccnc12. The lowest BCUT2D eigenvalue weighted by atomic mass is 9.86. The van der Waals surface area contributed by atoms with E-state index >= 15 is 0 Å². The Balaban J connectivity index is 1.76. The molecule has 0 atom stereocenters. The van der Waals surface area contributed by atoms with Gasteiger partial charge in [-0.1, -0.05) is 6.07 Å². The highest BCUT2D eigenvalue weighted by Gasteiger charge is 2.27. The van der Waals surface area contributed by atoms with Crippen molar-refractivity contribution in [1.82, 2.24) is 10.3 Å². The smallest absolute Gasteiger partial charge is 0.306 e. The van der Waals surface area contributed by atoms with Crippen molar-refractivity contribution in [2.45, 2.75) is 31.7 Å². The molecule has 2 aromatic rings. The summed E-state index contributed by atoms with van der Waals surface area (Å²) in [6.07, 6.45) is 3.88. The van der Waals surface area contributed by atoms with E-state index in [9.17, 15) is 14.0 Å². The number of hydrogen-bond donors (Lipinski definition) is 2. The van der Waals surface area contributed by atoms with E-state index in [1.807, 2.05) is 0 Å². The second kappa shape index (κ2) is 6.32. The predicted octanol–water partition coefficient (Wildman–Crippen LogP) is 2.75. The van der Waals surface area contributed by atoms with Crippen molar-refractivity contribution in [3.05, 3.63) is 41.8 Å². The number of nitrogens with one attached hydrogen (secondary N) is 1. The van der Waals surface area contributed by atoms with Crippen LogP contribution in [0.3, 0.4) is 0 Å². The topological polar surface area (TPSA) is 79.3 Å². The van der Waals surface area contributed by atoms with Crippen molar-refractivity contribution in [3.8, 4) is 0 Å². The average Bonchev–Trinajstić information content (AvgIpc) is 2.54. The Bertz CT molecular complexity index is 755. The summed E-state index contributed by atoms with van der Waals surface area (Å²) in [6.45, 7) is 0. The standard InChI is InChI=1S/C17H17FN2O3/c18-12-8-11-2-1-7-19-15(11)14(9-12)16(21)20-13-5-3-10(4-6-13)17(22)23/h1-2,7-10,13H,3-6H2,(H,20,21)(H,22,23). The van der Waals surface area contributed by atoms with Crippen LogP contribution in [0.5, 0.6) is 0 Å². The molecule has 2 N–H and O–H groups in total. The lowest BCUT2D eigenvalue weighted by Gasteiger charge is -2.26. The fourth-order valence-electron chi connectivity index (χ4n) is 3.08. The van der Waals surface area contributed by atoms with Crippen LogP contribution in [0.15, 0.2) is 30.5 Å². The number of benzene rings is 1.